The summed E-state index contributed by atoms with van der Waals surface area (Å²) in [5.74, 6) is -0.867. The number of aromatic carboxylic acids is 1. The van der Waals surface area contributed by atoms with Gasteiger partial charge in [-0.1, -0.05) is 0 Å². The van der Waals surface area contributed by atoms with Gasteiger partial charge in [0.2, 0.25) is 15.8 Å². The molecule has 1 heterocycles. The Morgan fingerprint density at radius 2 is 2.15 bits per heavy atom. The van der Waals surface area contributed by atoms with Gasteiger partial charge in [-0.2, -0.15) is 0 Å². The highest BCUT2D eigenvalue weighted by Gasteiger charge is 2.53. The van der Waals surface area contributed by atoms with Crippen LogP contribution < -0.4 is 4.72 Å². The Kier molecular flexibility index (Phi) is 2.95. The monoisotopic (exact) mass is 299 g/mol. The topological polar surface area (TPSA) is 96.6 Å². The molecular weight excluding hydrogens is 282 g/mol. The summed E-state index contributed by atoms with van der Waals surface area (Å²) in [5.41, 5.74) is 0.153. The summed E-state index contributed by atoms with van der Waals surface area (Å²) in [7, 11) is -3.71. The molecule has 2 aliphatic rings. The van der Waals surface area contributed by atoms with Gasteiger partial charge in [-0.25, -0.2) is 17.9 Å². The second-order valence-electron chi connectivity index (χ2n) is 5.80. The van der Waals surface area contributed by atoms with Crippen LogP contribution in [0.4, 0.5) is 0 Å². The van der Waals surface area contributed by atoms with E-state index in [1.54, 1.807) is 0 Å². The van der Waals surface area contributed by atoms with Crippen LogP contribution in [0.5, 0.6) is 0 Å². The molecule has 2 aliphatic carbocycles. The van der Waals surface area contributed by atoms with Gasteiger partial charge in [-0.15, -0.1) is 0 Å². The van der Waals surface area contributed by atoms with Crippen molar-refractivity contribution in [1.82, 2.24) is 4.72 Å². The lowest BCUT2D eigenvalue weighted by Gasteiger charge is -2.14. The maximum absolute atomic E-state index is 12.2. The van der Waals surface area contributed by atoms with Gasteiger partial charge in [0, 0.05) is 12.6 Å². The number of carboxylic acids is 1. The fourth-order valence-corrected chi connectivity index (χ4v) is 4.05. The Bertz CT molecular complexity index is 652. The van der Waals surface area contributed by atoms with Crippen LogP contribution in [0.2, 0.25) is 0 Å². The van der Waals surface area contributed by atoms with Crippen LogP contribution in [0.15, 0.2) is 15.4 Å². The average molecular weight is 299 g/mol. The normalized spacial score (nSPS) is 20.9. The van der Waals surface area contributed by atoms with Crippen LogP contribution in [-0.4, -0.2) is 26.0 Å². The van der Waals surface area contributed by atoms with E-state index in [0.717, 1.165) is 18.9 Å². The molecule has 0 spiro atoms. The molecule has 1 aromatic rings. The molecule has 6 nitrogen and oxygen atoms in total. The molecule has 0 amide bonds. The third-order valence-electron chi connectivity index (χ3n) is 4.32. The number of carboxylic acid groups (broad SMARTS) is 1. The van der Waals surface area contributed by atoms with Gasteiger partial charge >= 0.3 is 5.97 Å². The van der Waals surface area contributed by atoms with Gasteiger partial charge < -0.3 is 9.52 Å². The first kappa shape index (κ1) is 13.6. The molecule has 0 bridgehead atoms. The van der Waals surface area contributed by atoms with E-state index in [1.807, 2.05) is 0 Å². The molecule has 20 heavy (non-hydrogen) atoms. The summed E-state index contributed by atoms with van der Waals surface area (Å²) in [4.78, 5) is 10.7. The lowest BCUT2D eigenvalue weighted by atomic mass is 10.0. The highest BCUT2D eigenvalue weighted by atomic mass is 32.2. The Morgan fingerprint density at radius 1 is 1.50 bits per heavy atom. The van der Waals surface area contributed by atoms with E-state index in [4.69, 9.17) is 9.52 Å². The van der Waals surface area contributed by atoms with Crippen LogP contribution in [0, 0.1) is 18.3 Å². The molecule has 0 saturated heterocycles. The Hall–Kier alpha value is -1.34. The minimum atomic E-state index is -3.71. The van der Waals surface area contributed by atoms with Crippen molar-refractivity contribution < 1.29 is 22.7 Å². The Labute approximate surface area is 117 Å². The van der Waals surface area contributed by atoms with E-state index in [-0.39, 0.29) is 21.8 Å². The number of nitrogens with one attached hydrogen (secondary N) is 1. The van der Waals surface area contributed by atoms with Crippen molar-refractivity contribution in [3.05, 3.63) is 17.6 Å². The van der Waals surface area contributed by atoms with Crippen molar-refractivity contribution in [1.29, 1.82) is 0 Å². The first-order valence-electron chi connectivity index (χ1n) is 6.67. The third-order valence-corrected chi connectivity index (χ3v) is 5.83. The molecule has 3 rings (SSSR count). The number of sulfonamides is 1. The minimum Gasteiger partial charge on any atom is -0.475 e. The van der Waals surface area contributed by atoms with E-state index in [1.165, 1.54) is 19.8 Å². The fourth-order valence-electron chi connectivity index (χ4n) is 2.74. The summed E-state index contributed by atoms with van der Waals surface area (Å²) in [6.07, 6.45) is 4.53. The maximum atomic E-state index is 12.2. The quantitative estimate of drug-likeness (QED) is 0.834. The molecule has 0 atom stereocenters. The second-order valence-corrected chi connectivity index (χ2v) is 7.53. The molecule has 0 aliphatic heterocycles. The first-order chi connectivity index (χ1) is 9.34. The predicted molar refractivity (Wildman–Crippen MR) is 70.0 cm³/mol. The van der Waals surface area contributed by atoms with Crippen molar-refractivity contribution >= 4 is 16.0 Å². The van der Waals surface area contributed by atoms with Crippen molar-refractivity contribution in [3.63, 3.8) is 0 Å². The maximum Gasteiger partial charge on any atom is 0.371 e. The smallest absolute Gasteiger partial charge is 0.371 e. The van der Waals surface area contributed by atoms with Gasteiger partial charge in [0.05, 0.1) is 0 Å². The zero-order chi connectivity index (χ0) is 14.5. The number of rotatable bonds is 6. The van der Waals surface area contributed by atoms with Crippen LogP contribution in [0.25, 0.3) is 0 Å². The van der Waals surface area contributed by atoms with E-state index in [0.29, 0.717) is 12.5 Å². The van der Waals surface area contributed by atoms with Crippen molar-refractivity contribution in [3.8, 4) is 0 Å². The molecule has 1 aromatic heterocycles. The van der Waals surface area contributed by atoms with Crippen LogP contribution >= 0.6 is 0 Å². The Balaban J connectivity index is 1.76. The van der Waals surface area contributed by atoms with E-state index in [2.05, 4.69) is 4.72 Å². The van der Waals surface area contributed by atoms with Crippen molar-refractivity contribution in [2.45, 2.75) is 37.5 Å². The number of hydrogen-bond donors (Lipinski definition) is 2. The molecule has 2 fully saturated rings. The molecular formula is C13H17NO5S. The number of hydrogen-bond acceptors (Lipinski definition) is 4. The Morgan fingerprint density at radius 3 is 2.60 bits per heavy atom. The molecule has 0 radical (unpaired) electrons. The first-order valence-corrected chi connectivity index (χ1v) is 8.16. The van der Waals surface area contributed by atoms with E-state index < -0.39 is 16.0 Å². The van der Waals surface area contributed by atoms with E-state index in [9.17, 15) is 13.2 Å². The summed E-state index contributed by atoms with van der Waals surface area (Å²) in [5, 5.41) is 8.83. The minimum absolute atomic E-state index is 0.0819. The molecule has 7 heteroatoms. The largest absolute Gasteiger partial charge is 0.475 e. The summed E-state index contributed by atoms with van der Waals surface area (Å²) >= 11 is 0. The average Bonchev–Trinajstić information content (AvgIpc) is 3.24. The zero-order valence-corrected chi connectivity index (χ0v) is 12.0. The van der Waals surface area contributed by atoms with Crippen molar-refractivity contribution in [2.75, 3.05) is 6.54 Å². The highest BCUT2D eigenvalue weighted by Crippen LogP contribution is 2.60. The number of carbonyl (C=O) groups is 1. The molecule has 2 N–H and O–H groups in total. The SMILES string of the molecule is Cc1oc(C(=O)O)cc1S(=O)(=O)NCC1(C2CC2)CC1. The lowest BCUT2D eigenvalue weighted by Crippen LogP contribution is -2.31. The lowest BCUT2D eigenvalue weighted by molar-refractivity contribution is 0.0661. The van der Waals surface area contributed by atoms with Gasteiger partial charge in [-0.3, -0.25) is 0 Å². The number of furan rings is 1. The predicted octanol–water partition coefficient (Wildman–Crippen LogP) is 1.75. The summed E-state index contributed by atoms with van der Waals surface area (Å²) in [6, 6.07) is 1.07. The van der Waals surface area contributed by atoms with E-state index >= 15 is 0 Å². The molecule has 0 aromatic carbocycles. The molecule has 0 unspecified atom stereocenters. The van der Waals surface area contributed by atoms with Gasteiger partial charge in [0.1, 0.15) is 10.7 Å². The molecule has 110 valence electrons. The second kappa shape index (κ2) is 4.33. The number of aryl methyl sites for hydroxylation is 1. The van der Waals surface area contributed by atoms with Crippen molar-refractivity contribution in [2.24, 2.45) is 11.3 Å². The fraction of sp³-hybridized carbons (Fsp3) is 0.615. The zero-order valence-electron chi connectivity index (χ0n) is 11.2. The van der Waals surface area contributed by atoms with Gasteiger partial charge in [0.15, 0.2) is 0 Å². The summed E-state index contributed by atoms with van der Waals surface area (Å²) < 4.78 is 32.0. The highest BCUT2D eigenvalue weighted by molar-refractivity contribution is 7.89. The van der Waals surface area contributed by atoms with Gasteiger partial charge in [0.25, 0.3) is 0 Å². The summed E-state index contributed by atoms with van der Waals surface area (Å²) in [6.45, 7) is 1.89. The van der Waals surface area contributed by atoms with Crippen LogP contribution in [0.3, 0.4) is 0 Å². The van der Waals surface area contributed by atoms with Gasteiger partial charge in [-0.05, 0) is 43.9 Å². The van der Waals surface area contributed by atoms with Crippen LogP contribution in [-0.2, 0) is 10.0 Å². The molecule has 2 saturated carbocycles. The van der Waals surface area contributed by atoms with Crippen LogP contribution in [0.1, 0.15) is 42.0 Å². The standard InChI is InChI=1S/C13H17NO5S/c1-8-11(6-10(19-8)12(15)16)20(17,18)14-7-13(4-5-13)9-2-3-9/h6,9,14H,2-5,7H2,1H3,(H,15,16). The third kappa shape index (κ3) is 2.35.